The second-order valence-electron chi connectivity index (χ2n) is 5.26. The van der Waals surface area contributed by atoms with Crippen molar-refractivity contribution >= 4 is 0 Å². The topological polar surface area (TPSA) is 40.5 Å². The molecule has 4 aliphatic carbocycles. The first-order valence-electron chi connectivity index (χ1n) is 5.15. The highest BCUT2D eigenvalue weighted by molar-refractivity contribution is 5.20. The molecule has 0 radical (unpaired) electrons. The van der Waals surface area contributed by atoms with Gasteiger partial charge in [0.15, 0.2) is 0 Å². The maximum atomic E-state index is 9.91. The summed E-state index contributed by atoms with van der Waals surface area (Å²) >= 11 is 0. The Labute approximate surface area is 71.6 Å². The minimum atomic E-state index is -0.0489. The van der Waals surface area contributed by atoms with Gasteiger partial charge in [-0.1, -0.05) is 0 Å². The molecule has 4 fully saturated rings. The largest absolute Gasteiger partial charge is 0.393 e. The molecule has 0 heterocycles. The molecule has 4 saturated carbocycles. The van der Waals surface area contributed by atoms with Crippen LogP contribution in [0, 0.1) is 35.5 Å². The van der Waals surface area contributed by atoms with Gasteiger partial charge in [-0.25, -0.2) is 0 Å². The van der Waals surface area contributed by atoms with Crippen LogP contribution in [-0.4, -0.2) is 22.4 Å². The summed E-state index contributed by atoms with van der Waals surface area (Å²) in [6.07, 6.45) is 2.34. The molecule has 4 aliphatic rings. The summed E-state index contributed by atoms with van der Waals surface area (Å²) in [5.41, 5.74) is 0. The van der Waals surface area contributed by atoms with E-state index in [0.717, 1.165) is 0 Å². The fraction of sp³-hybridized carbons (Fsp3) is 1.00. The van der Waals surface area contributed by atoms with Crippen LogP contribution in [0.2, 0.25) is 0 Å². The molecule has 0 unspecified atom stereocenters. The highest BCUT2D eigenvalue weighted by Crippen LogP contribution is 2.72. The molecule has 8 atom stereocenters. The lowest BCUT2D eigenvalue weighted by atomic mass is 9.71. The van der Waals surface area contributed by atoms with E-state index >= 15 is 0 Å². The van der Waals surface area contributed by atoms with Gasteiger partial charge in [0.2, 0.25) is 0 Å². The first-order valence-corrected chi connectivity index (χ1v) is 5.15. The van der Waals surface area contributed by atoms with Crippen molar-refractivity contribution < 1.29 is 10.2 Å². The van der Waals surface area contributed by atoms with Gasteiger partial charge >= 0.3 is 0 Å². The molecule has 0 aromatic rings. The predicted molar refractivity (Wildman–Crippen MR) is 42.2 cm³/mol. The molecule has 2 N–H and O–H groups in total. The molecule has 0 aromatic heterocycles. The third-order valence-corrected chi connectivity index (χ3v) is 5.29. The molecule has 0 amide bonds. The van der Waals surface area contributed by atoms with Crippen LogP contribution in [-0.2, 0) is 0 Å². The van der Waals surface area contributed by atoms with E-state index in [1.807, 2.05) is 0 Å². The molecule has 2 nitrogen and oxygen atoms in total. The first-order chi connectivity index (χ1) is 5.79. The molecule has 4 rings (SSSR count). The SMILES string of the molecule is O[C@@H]1[C@@H]2C[C@@H]3[C@H]4C[C@@H]2[C@H]([C@H]4O)[C@H]13. The Kier molecular flexibility index (Phi) is 0.851. The van der Waals surface area contributed by atoms with E-state index in [0.29, 0.717) is 35.5 Å². The Hall–Kier alpha value is -0.0800. The standard InChI is InChI=1S/C10H14O2/c11-9-5-1-3-6-2-4(5)8(7(3)9)10(6)12/h3-12H,1-2H2/t3-,4+,5-,6-,7-,8+,9-,10+/m1/s1. The van der Waals surface area contributed by atoms with Gasteiger partial charge in [0.05, 0.1) is 12.2 Å². The van der Waals surface area contributed by atoms with Crippen LogP contribution in [0.1, 0.15) is 12.8 Å². The Morgan fingerprint density at radius 2 is 1.08 bits per heavy atom. The molecule has 2 heteroatoms. The van der Waals surface area contributed by atoms with Gasteiger partial charge in [0.1, 0.15) is 0 Å². The fourth-order valence-corrected chi connectivity index (χ4v) is 5.10. The van der Waals surface area contributed by atoms with Gasteiger partial charge in [0, 0.05) is 0 Å². The Bertz CT molecular complexity index is 226. The van der Waals surface area contributed by atoms with E-state index in [2.05, 4.69) is 0 Å². The summed E-state index contributed by atoms with van der Waals surface area (Å²) in [6, 6.07) is 0. The number of aliphatic hydroxyl groups excluding tert-OH is 2. The lowest BCUT2D eigenvalue weighted by Gasteiger charge is -2.33. The van der Waals surface area contributed by atoms with E-state index in [1.54, 1.807) is 0 Å². The van der Waals surface area contributed by atoms with E-state index in [-0.39, 0.29) is 12.2 Å². The van der Waals surface area contributed by atoms with Gasteiger partial charge in [-0.15, -0.1) is 0 Å². The number of hydrogen-bond acceptors (Lipinski definition) is 2. The average molecular weight is 166 g/mol. The number of hydrogen-bond donors (Lipinski definition) is 2. The average Bonchev–Trinajstić information content (AvgIpc) is 2.68. The van der Waals surface area contributed by atoms with E-state index in [4.69, 9.17) is 0 Å². The van der Waals surface area contributed by atoms with Gasteiger partial charge in [-0.2, -0.15) is 0 Å². The molecule has 66 valence electrons. The molecule has 0 saturated heterocycles. The zero-order valence-electron chi connectivity index (χ0n) is 6.93. The van der Waals surface area contributed by atoms with Crippen molar-refractivity contribution in [2.45, 2.75) is 25.0 Å². The Morgan fingerprint density at radius 3 is 1.42 bits per heavy atom. The zero-order valence-corrected chi connectivity index (χ0v) is 6.93. The predicted octanol–water partition coefficient (Wildman–Crippen LogP) is 0.240. The van der Waals surface area contributed by atoms with Crippen molar-refractivity contribution in [2.24, 2.45) is 35.5 Å². The lowest BCUT2D eigenvalue weighted by Crippen LogP contribution is -2.27. The lowest BCUT2D eigenvalue weighted by molar-refractivity contribution is 0.0944. The summed E-state index contributed by atoms with van der Waals surface area (Å²) in [5, 5.41) is 19.8. The molecule has 12 heavy (non-hydrogen) atoms. The third-order valence-electron chi connectivity index (χ3n) is 5.29. The maximum Gasteiger partial charge on any atom is 0.0605 e. The van der Waals surface area contributed by atoms with Crippen LogP contribution < -0.4 is 0 Å². The van der Waals surface area contributed by atoms with Gasteiger partial charge in [-0.3, -0.25) is 0 Å². The second kappa shape index (κ2) is 1.60. The summed E-state index contributed by atoms with van der Waals surface area (Å²) in [5.74, 6) is 3.50. The summed E-state index contributed by atoms with van der Waals surface area (Å²) < 4.78 is 0. The smallest absolute Gasteiger partial charge is 0.0605 e. The van der Waals surface area contributed by atoms with Crippen LogP contribution in [0.4, 0.5) is 0 Å². The van der Waals surface area contributed by atoms with Crippen LogP contribution in [0.5, 0.6) is 0 Å². The normalized spacial score (nSPS) is 76.5. The minimum absolute atomic E-state index is 0.0489. The van der Waals surface area contributed by atoms with Crippen molar-refractivity contribution in [3.05, 3.63) is 0 Å². The van der Waals surface area contributed by atoms with Crippen molar-refractivity contribution in [3.8, 4) is 0 Å². The van der Waals surface area contributed by atoms with Crippen molar-refractivity contribution in [3.63, 3.8) is 0 Å². The monoisotopic (exact) mass is 166 g/mol. The molecule has 0 aliphatic heterocycles. The molecular formula is C10H14O2. The molecule has 0 aromatic carbocycles. The zero-order chi connectivity index (χ0) is 8.03. The van der Waals surface area contributed by atoms with E-state index in [1.165, 1.54) is 12.8 Å². The van der Waals surface area contributed by atoms with Gasteiger partial charge < -0.3 is 10.2 Å². The molecular weight excluding hydrogens is 152 g/mol. The molecule has 4 bridgehead atoms. The minimum Gasteiger partial charge on any atom is -0.393 e. The van der Waals surface area contributed by atoms with Crippen LogP contribution in [0.3, 0.4) is 0 Å². The van der Waals surface area contributed by atoms with Crippen LogP contribution in [0.15, 0.2) is 0 Å². The highest BCUT2D eigenvalue weighted by Gasteiger charge is 2.72. The summed E-state index contributed by atoms with van der Waals surface area (Å²) in [6.45, 7) is 0. The van der Waals surface area contributed by atoms with Crippen molar-refractivity contribution in [2.75, 3.05) is 0 Å². The Morgan fingerprint density at radius 1 is 0.667 bits per heavy atom. The second-order valence-corrected chi connectivity index (χ2v) is 5.26. The summed E-state index contributed by atoms with van der Waals surface area (Å²) in [7, 11) is 0. The highest BCUT2D eigenvalue weighted by atomic mass is 16.3. The third kappa shape index (κ3) is 0.409. The van der Waals surface area contributed by atoms with Crippen LogP contribution >= 0.6 is 0 Å². The number of rotatable bonds is 0. The number of aliphatic hydroxyl groups is 2. The Balaban J connectivity index is 1.92. The first kappa shape index (κ1) is 6.39. The van der Waals surface area contributed by atoms with Crippen molar-refractivity contribution in [1.29, 1.82) is 0 Å². The van der Waals surface area contributed by atoms with E-state index in [9.17, 15) is 10.2 Å². The quantitative estimate of drug-likeness (QED) is 0.541. The summed E-state index contributed by atoms with van der Waals surface area (Å²) in [4.78, 5) is 0. The van der Waals surface area contributed by atoms with E-state index < -0.39 is 0 Å². The van der Waals surface area contributed by atoms with Crippen LogP contribution in [0.25, 0.3) is 0 Å². The maximum absolute atomic E-state index is 9.91. The molecule has 0 spiro atoms. The van der Waals surface area contributed by atoms with Crippen molar-refractivity contribution in [1.82, 2.24) is 0 Å². The number of fused-ring (bicyclic) bond motifs is 4. The van der Waals surface area contributed by atoms with Gasteiger partial charge in [-0.05, 0) is 48.3 Å². The fourth-order valence-electron chi connectivity index (χ4n) is 5.10. The van der Waals surface area contributed by atoms with Gasteiger partial charge in [0.25, 0.3) is 0 Å².